The number of likely N-dealkylation sites (tertiary alicyclic amines) is 1. The third-order valence-electron chi connectivity index (χ3n) is 3.23. The van der Waals surface area contributed by atoms with Crippen LogP contribution in [0.15, 0.2) is 12.4 Å². The summed E-state index contributed by atoms with van der Waals surface area (Å²) in [5.74, 6) is 0. The van der Waals surface area contributed by atoms with Gasteiger partial charge in [-0.25, -0.2) is 4.79 Å². The van der Waals surface area contributed by atoms with Crippen molar-refractivity contribution in [2.75, 3.05) is 13.1 Å². The Morgan fingerprint density at radius 2 is 1.83 bits per heavy atom. The van der Waals surface area contributed by atoms with E-state index in [4.69, 9.17) is 9.47 Å². The average molecular weight is 325 g/mol. The Kier molecular flexibility index (Phi) is 5.34. The summed E-state index contributed by atoms with van der Waals surface area (Å²) >= 11 is 0. The molecule has 2 heterocycles. The summed E-state index contributed by atoms with van der Waals surface area (Å²) in [6.07, 6.45) is 3.10. The summed E-state index contributed by atoms with van der Waals surface area (Å²) in [6.45, 7) is 6.53. The smallest absolute Gasteiger partial charge is 0.410 e. The molecular weight excluding hydrogens is 304 g/mol. The summed E-state index contributed by atoms with van der Waals surface area (Å²) in [5, 5.41) is 19.9. The quantitative estimate of drug-likeness (QED) is 0.816. The van der Waals surface area contributed by atoms with E-state index in [0.717, 1.165) is 12.4 Å². The maximum Gasteiger partial charge on any atom is 0.410 e. The van der Waals surface area contributed by atoms with Gasteiger partial charge in [0, 0.05) is 25.9 Å². The predicted molar refractivity (Wildman–Crippen MR) is 80.8 cm³/mol. The SMILES string of the molecule is CC(C)(C)OC(=O)N1CCC(Oc2ncc([NH+]([O-])[O-])cn2)CC1. The van der Waals surface area contributed by atoms with Gasteiger partial charge in [-0.3, -0.25) is 0 Å². The number of hydrogen-bond donors (Lipinski definition) is 1. The highest BCUT2D eigenvalue weighted by Gasteiger charge is 2.27. The van der Waals surface area contributed by atoms with Crippen molar-refractivity contribution < 1.29 is 19.5 Å². The van der Waals surface area contributed by atoms with Crippen LogP contribution in [0.3, 0.4) is 0 Å². The van der Waals surface area contributed by atoms with Gasteiger partial charge in [-0.1, -0.05) is 0 Å². The lowest BCUT2D eigenvalue weighted by Crippen LogP contribution is -2.96. The summed E-state index contributed by atoms with van der Waals surface area (Å²) in [7, 11) is 0. The Labute approximate surface area is 134 Å². The molecule has 1 fully saturated rings. The molecule has 128 valence electrons. The predicted octanol–water partition coefficient (Wildman–Crippen LogP) is 0.767. The Morgan fingerprint density at radius 1 is 1.26 bits per heavy atom. The molecule has 0 saturated carbocycles. The van der Waals surface area contributed by atoms with Crippen LogP contribution in [-0.4, -0.2) is 45.8 Å². The normalized spacial score (nSPS) is 16.5. The number of piperidine rings is 1. The number of ether oxygens (including phenoxy) is 2. The molecule has 1 N–H and O–H groups in total. The van der Waals surface area contributed by atoms with E-state index in [1.165, 1.54) is 0 Å². The molecule has 1 amide bonds. The molecule has 1 saturated heterocycles. The van der Waals surface area contributed by atoms with Crippen molar-refractivity contribution in [1.82, 2.24) is 14.9 Å². The largest absolute Gasteiger partial charge is 0.628 e. The average Bonchev–Trinajstić information content (AvgIpc) is 2.46. The zero-order valence-electron chi connectivity index (χ0n) is 13.4. The van der Waals surface area contributed by atoms with Gasteiger partial charge in [0.05, 0.1) is 12.4 Å². The van der Waals surface area contributed by atoms with Crippen molar-refractivity contribution in [3.05, 3.63) is 22.8 Å². The molecule has 2 rings (SSSR count). The van der Waals surface area contributed by atoms with Gasteiger partial charge in [-0.2, -0.15) is 9.97 Å². The molecule has 9 heteroatoms. The van der Waals surface area contributed by atoms with Crippen molar-refractivity contribution in [2.24, 2.45) is 0 Å². The first-order chi connectivity index (χ1) is 10.7. The molecule has 9 nitrogen and oxygen atoms in total. The topological polar surface area (TPSA) is 115 Å². The number of nitrogens with one attached hydrogen (secondary N) is 1. The van der Waals surface area contributed by atoms with E-state index >= 15 is 0 Å². The highest BCUT2D eigenvalue weighted by Crippen LogP contribution is 2.18. The molecule has 0 bridgehead atoms. The fraction of sp³-hybridized carbons (Fsp3) is 0.643. The van der Waals surface area contributed by atoms with Gasteiger partial charge in [0.15, 0.2) is 5.69 Å². The molecule has 23 heavy (non-hydrogen) atoms. The van der Waals surface area contributed by atoms with Crippen molar-refractivity contribution in [2.45, 2.75) is 45.3 Å². The number of aromatic nitrogens is 2. The first kappa shape index (κ1) is 17.4. The third-order valence-corrected chi connectivity index (χ3v) is 3.23. The second-order valence-corrected chi connectivity index (χ2v) is 6.33. The van der Waals surface area contributed by atoms with Crippen LogP contribution in [0, 0.1) is 10.4 Å². The summed E-state index contributed by atoms with van der Waals surface area (Å²) in [4.78, 5) is 21.3. The summed E-state index contributed by atoms with van der Waals surface area (Å²) < 4.78 is 10.9. The van der Waals surface area contributed by atoms with Crippen LogP contribution in [0.4, 0.5) is 10.5 Å². The van der Waals surface area contributed by atoms with Crippen LogP contribution in [0.2, 0.25) is 0 Å². The Hall–Kier alpha value is -1.97. The molecule has 0 radical (unpaired) electrons. The zero-order valence-corrected chi connectivity index (χ0v) is 13.4. The van der Waals surface area contributed by atoms with Gasteiger partial charge < -0.3 is 30.0 Å². The third kappa shape index (κ3) is 5.31. The number of amides is 1. The van der Waals surface area contributed by atoms with E-state index in [-0.39, 0.29) is 23.9 Å². The molecule has 1 aliphatic heterocycles. The van der Waals surface area contributed by atoms with Crippen LogP contribution >= 0.6 is 0 Å². The molecular formula is C14H21N4O5-. The maximum absolute atomic E-state index is 12.0. The molecule has 0 spiro atoms. The summed E-state index contributed by atoms with van der Waals surface area (Å²) in [6, 6.07) is 0.116. The Balaban J connectivity index is 1.81. The molecule has 0 unspecified atom stereocenters. The summed E-state index contributed by atoms with van der Waals surface area (Å²) in [5.41, 5.74) is -0.615. The molecule has 0 atom stereocenters. The second kappa shape index (κ2) is 7.07. The fourth-order valence-corrected chi connectivity index (χ4v) is 2.11. The number of quaternary nitrogens is 1. The maximum atomic E-state index is 12.0. The monoisotopic (exact) mass is 325 g/mol. The van der Waals surface area contributed by atoms with Crippen LogP contribution < -0.4 is 9.96 Å². The van der Waals surface area contributed by atoms with Gasteiger partial charge in [0.25, 0.3) is 0 Å². The lowest BCUT2D eigenvalue weighted by atomic mass is 10.1. The van der Waals surface area contributed by atoms with E-state index < -0.39 is 10.8 Å². The van der Waals surface area contributed by atoms with Crippen LogP contribution in [0.1, 0.15) is 33.6 Å². The Morgan fingerprint density at radius 3 is 2.30 bits per heavy atom. The van der Waals surface area contributed by atoms with Crippen molar-refractivity contribution in [3.63, 3.8) is 0 Å². The lowest BCUT2D eigenvalue weighted by Gasteiger charge is -2.33. The number of carbonyl (C=O) groups excluding carboxylic acids is 1. The minimum Gasteiger partial charge on any atom is -0.628 e. The fourth-order valence-electron chi connectivity index (χ4n) is 2.11. The van der Waals surface area contributed by atoms with E-state index in [9.17, 15) is 15.2 Å². The number of carbonyl (C=O) groups is 1. The van der Waals surface area contributed by atoms with Crippen molar-refractivity contribution in [1.29, 1.82) is 0 Å². The molecule has 0 aliphatic carbocycles. The van der Waals surface area contributed by atoms with E-state index in [0.29, 0.717) is 25.9 Å². The van der Waals surface area contributed by atoms with Crippen molar-refractivity contribution in [3.8, 4) is 6.01 Å². The second-order valence-electron chi connectivity index (χ2n) is 6.33. The van der Waals surface area contributed by atoms with E-state index in [1.807, 2.05) is 20.8 Å². The number of rotatable bonds is 3. The lowest BCUT2D eigenvalue weighted by molar-refractivity contribution is -0.715. The van der Waals surface area contributed by atoms with E-state index in [2.05, 4.69) is 9.97 Å². The minimum atomic E-state index is -1.33. The standard InChI is InChI=1S/C14H21N4O5/c1-14(2,3)23-13(19)17-6-4-11(5-7-17)22-12-15-8-10(9-16-12)18(20)21/h8-9,11,18H,4-7H2,1-3H3/q-1. The van der Waals surface area contributed by atoms with E-state index in [1.54, 1.807) is 4.90 Å². The number of nitrogens with zero attached hydrogens (tertiary/aromatic N) is 3. The van der Waals surface area contributed by atoms with Gasteiger partial charge in [0.1, 0.15) is 11.7 Å². The first-order valence-electron chi connectivity index (χ1n) is 7.42. The molecule has 1 aromatic heterocycles. The highest BCUT2D eigenvalue weighted by atomic mass is 16.8. The first-order valence-corrected chi connectivity index (χ1v) is 7.42. The van der Waals surface area contributed by atoms with Gasteiger partial charge in [0.2, 0.25) is 0 Å². The minimum absolute atomic E-state index is 0.0999. The Bertz CT molecular complexity index is 521. The van der Waals surface area contributed by atoms with Gasteiger partial charge in [-0.15, -0.1) is 0 Å². The molecule has 1 aliphatic rings. The zero-order chi connectivity index (χ0) is 17.0. The van der Waals surface area contributed by atoms with Gasteiger partial charge in [-0.05, 0) is 20.8 Å². The van der Waals surface area contributed by atoms with Crippen LogP contribution in [0.5, 0.6) is 6.01 Å². The molecule has 0 aromatic carbocycles. The van der Waals surface area contributed by atoms with Crippen LogP contribution in [-0.2, 0) is 4.74 Å². The number of hydrogen-bond acceptors (Lipinski definition) is 7. The molecule has 1 aromatic rings. The van der Waals surface area contributed by atoms with Crippen LogP contribution in [0.25, 0.3) is 0 Å². The van der Waals surface area contributed by atoms with Crippen molar-refractivity contribution >= 4 is 11.8 Å². The van der Waals surface area contributed by atoms with Gasteiger partial charge >= 0.3 is 12.1 Å². The highest BCUT2D eigenvalue weighted by molar-refractivity contribution is 5.68.